The van der Waals surface area contributed by atoms with Crippen molar-refractivity contribution in [3.63, 3.8) is 0 Å². The minimum atomic E-state index is 0.344. The summed E-state index contributed by atoms with van der Waals surface area (Å²) < 4.78 is 0. The van der Waals surface area contributed by atoms with E-state index in [9.17, 15) is 5.11 Å². The standard InChI is InChI=1S/C16H16O/c1-2-14(12-13-8-4-3-5-9-13)15-10-6-7-11-16(15)17/h3-12,17H,2H2,1H3. The highest BCUT2D eigenvalue weighted by atomic mass is 16.3. The monoisotopic (exact) mass is 224 g/mol. The van der Waals surface area contributed by atoms with Gasteiger partial charge in [-0.1, -0.05) is 61.5 Å². The quantitative estimate of drug-likeness (QED) is 0.769. The normalized spacial score (nSPS) is 11.5. The van der Waals surface area contributed by atoms with Crippen LogP contribution in [-0.2, 0) is 0 Å². The average molecular weight is 224 g/mol. The lowest BCUT2D eigenvalue weighted by molar-refractivity contribution is 0.473. The zero-order valence-electron chi connectivity index (χ0n) is 9.93. The van der Waals surface area contributed by atoms with Crippen LogP contribution in [0, 0.1) is 0 Å². The third-order valence-electron chi connectivity index (χ3n) is 2.77. The van der Waals surface area contributed by atoms with Crippen LogP contribution in [0.2, 0.25) is 0 Å². The van der Waals surface area contributed by atoms with Gasteiger partial charge in [-0.05, 0) is 23.6 Å². The Morgan fingerprint density at radius 1 is 1.00 bits per heavy atom. The molecule has 1 heteroatoms. The Balaban J connectivity index is 2.41. The first-order valence-corrected chi connectivity index (χ1v) is 5.85. The summed E-state index contributed by atoms with van der Waals surface area (Å²) in [5.74, 6) is 0.344. The number of aromatic hydroxyl groups is 1. The number of benzene rings is 2. The Morgan fingerprint density at radius 2 is 1.65 bits per heavy atom. The van der Waals surface area contributed by atoms with Gasteiger partial charge in [-0.3, -0.25) is 0 Å². The summed E-state index contributed by atoms with van der Waals surface area (Å²) in [5, 5.41) is 9.85. The van der Waals surface area contributed by atoms with Crippen molar-refractivity contribution >= 4 is 11.6 Å². The zero-order chi connectivity index (χ0) is 12.1. The van der Waals surface area contributed by atoms with Crippen molar-refractivity contribution in [2.45, 2.75) is 13.3 Å². The molecule has 2 rings (SSSR count). The molecule has 1 N–H and O–H groups in total. The molecule has 0 radical (unpaired) electrons. The molecule has 0 saturated carbocycles. The minimum absolute atomic E-state index is 0.344. The first-order valence-electron chi connectivity index (χ1n) is 5.85. The van der Waals surface area contributed by atoms with Crippen molar-refractivity contribution in [3.8, 4) is 5.75 Å². The van der Waals surface area contributed by atoms with Crippen LogP contribution >= 0.6 is 0 Å². The van der Waals surface area contributed by atoms with E-state index < -0.39 is 0 Å². The molecule has 0 aliphatic carbocycles. The molecule has 2 aromatic rings. The van der Waals surface area contributed by atoms with E-state index in [4.69, 9.17) is 0 Å². The van der Waals surface area contributed by atoms with E-state index in [1.807, 2.05) is 36.4 Å². The van der Waals surface area contributed by atoms with E-state index in [0.29, 0.717) is 5.75 Å². The maximum absolute atomic E-state index is 9.85. The smallest absolute Gasteiger partial charge is 0.123 e. The van der Waals surface area contributed by atoms with Gasteiger partial charge in [0, 0.05) is 5.56 Å². The fraction of sp³-hybridized carbons (Fsp3) is 0.125. The highest BCUT2D eigenvalue weighted by Crippen LogP contribution is 2.28. The summed E-state index contributed by atoms with van der Waals surface area (Å²) >= 11 is 0. The number of phenols is 1. The maximum Gasteiger partial charge on any atom is 0.123 e. The SMILES string of the molecule is CCC(=Cc1ccccc1)c1ccccc1O. The molecule has 0 saturated heterocycles. The second-order valence-electron chi connectivity index (χ2n) is 3.95. The molecule has 0 spiro atoms. The highest BCUT2D eigenvalue weighted by Gasteiger charge is 2.04. The molecule has 0 bridgehead atoms. The third kappa shape index (κ3) is 2.76. The summed E-state index contributed by atoms with van der Waals surface area (Å²) in [4.78, 5) is 0. The van der Waals surface area contributed by atoms with Crippen LogP contribution in [0.25, 0.3) is 11.6 Å². The predicted octanol–water partition coefficient (Wildman–Crippen LogP) is 4.34. The van der Waals surface area contributed by atoms with Crippen LogP contribution in [0.1, 0.15) is 24.5 Å². The number of phenolic OH excluding ortho intramolecular Hbond substituents is 1. The topological polar surface area (TPSA) is 20.2 Å². The van der Waals surface area contributed by atoms with Crippen LogP contribution in [0.3, 0.4) is 0 Å². The number of hydrogen-bond acceptors (Lipinski definition) is 1. The van der Waals surface area contributed by atoms with Crippen LogP contribution in [-0.4, -0.2) is 5.11 Å². The second-order valence-corrected chi connectivity index (χ2v) is 3.95. The number of hydrogen-bond donors (Lipinski definition) is 1. The number of para-hydroxylation sites is 1. The van der Waals surface area contributed by atoms with Gasteiger partial charge in [0.05, 0.1) is 0 Å². The van der Waals surface area contributed by atoms with Crippen molar-refractivity contribution < 1.29 is 5.11 Å². The van der Waals surface area contributed by atoms with E-state index in [1.54, 1.807) is 6.07 Å². The fourth-order valence-electron chi connectivity index (χ4n) is 1.87. The molecule has 1 nitrogen and oxygen atoms in total. The van der Waals surface area contributed by atoms with E-state index in [2.05, 4.69) is 25.1 Å². The molecule has 0 atom stereocenters. The molecule has 0 aliphatic rings. The van der Waals surface area contributed by atoms with Gasteiger partial charge < -0.3 is 5.11 Å². The Morgan fingerprint density at radius 3 is 2.29 bits per heavy atom. The summed E-state index contributed by atoms with van der Waals surface area (Å²) in [6, 6.07) is 17.6. The van der Waals surface area contributed by atoms with Crippen LogP contribution in [0.15, 0.2) is 54.6 Å². The van der Waals surface area contributed by atoms with Crippen molar-refractivity contribution in [2.24, 2.45) is 0 Å². The molecule has 0 aromatic heterocycles. The van der Waals surface area contributed by atoms with Crippen LogP contribution < -0.4 is 0 Å². The molecule has 0 heterocycles. The first kappa shape index (κ1) is 11.5. The Hall–Kier alpha value is -2.02. The van der Waals surface area contributed by atoms with Gasteiger partial charge in [0.25, 0.3) is 0 Å². The molecular weight excluding hydrogens is 208 g/mol. The second kappa shape index (κ2) is 5.35. The minimum Gasteiger partial charge on any atom is -0.507 e. The van der Waals surface area contributed by atoms with Gasteiger partial charge in [0.15, 0.2) is 0 Å². The third-order valence-corrected chi connectivity index (χ3v) is 2.77. The zero-order valence-corrected chi connectivity index (χ0v) is 9.93. The highest BCUT2D eigenvalue weighted by molar-refractivity contribution is 5.83. The van der Waals surface area contributed by atoms with Gasteiger partial charge in [-0.15, -0.1) is 0 Å². The Bertz CT molecular complexity index is 512. The van der Waals surface area contributed by atoms with E-state index in [1.165, 1.54) is 0 Å². The molecule has 0 unspecified atom stereocenters. The Kier molecular flexibility index (Phi) is 3.61. The van der Waals surface area contributed by atoms with Gasteiger partial charge in [-0.25, -0.2) is 0 Å². The van der Waals surface area contributed by atoms with E-state index in [-0.39, 0.29) is 0 Å². The van der Waals surface area contributed by atoms with E-state index in [0.717, 1.165) is 23.1 Å². The lowest BCUT2D eigenvalue weighted by Crippen LogP contribution is -1.84. The summed E-state index contributed by atoms with van der Waals surface area (Å²) in [6.45, 7) is 2.10. The fourth-order valence-corrected chi connectivity index (χ4v) is 1.87. The summed E-state index contributed by atoms with van der Waals surface area (Å²) in [5.41, 5.74) is 3.22. The van der Waals surface area contributed by atoms with Gasteiger partial charge >= 0.3 is 0 Å². The van der Waals surface area contributed by atoms with Gasteiger partial charge in [0.2, 0.25) is 0 Å². The predicted molar refractivity (Wildman–Crippen MR) is 72.7 cm³/mol. The molecule has 86 valence electrons. The molecule has 0 aliphatic heterocycles. The van der Waals surface area contributed by atoms with Crippen LogP contribution in [0.4, 0.5) is 0 Å². The average Bonchev–Trinajstić information content (AvgIpc) is 2.38. The van der Waals surface area contributed by atoms with Gasteiger partial charge in [0.1, 0.15) is 5.75 Å². The van der Waals surface area contributed by atoms with Crippen molar-refractivity contribution in [1.29, 1.82) is 0 Å². The summed E-state index contributed by atoms with van der Waals surface area (Å²) in [6.07, 6.45) is 3.02. The summed E-state index contributed by atoms with van der Waals surface area (Å²) in [7, 11) is 0. The number of allylic oxidation sites excluding steroid dienone is 1. The van der Waals surface area contributed by atoms with Crippen molar-refractivity contribution in [2.75, 3.05) is 0 Å². The van der Waals surface area contributed by atoms with E-state index >= 15 is 0 Å². The largest absolute Gasteiger partial charge is 0.507 e. The lowest BCUT2D eigenvalue weighted by atomic mass is 10.00. The molecule has 0 amide bonds. The van der Waals surface area contributed by atoms with Crippen molar-refractivity contribution in [1.82, 2.24) is 0 Å². The molecular formula is C16H16O. The number of rotatable bonds is 3. The van der Waals surface area contributed by atoms with Gasteiger partial charge in [-0.2, -0.15) is 0 Å². The van der Waals surface area contributed by atoms with Crippen LogP contribution in [0.5, 0.6) is 5.75 Å². The first-order chi connectivity index (χ1) is 8.31. The van der Waals surface area contributed by atoms with Crippen molar-refractivity contribution in [3.05, 3.63) is 65.7 Å². The Labute approximate surface area is 102 Å². The maximum atomic E-state index is 9.85. The molecule has 17 heavy (non-hydrogen) atoms. The molecule has 0 fully saturated rings. The lowest BCUT2D eigenvalue weighted by Gasteiger charge is -2.07. The molecule has 2 aromatic carbocycles.